The van der Waals surface area contributed by atoms with Crippen LogP contribution in [0.3, 0.4) is 0 Å². The van der Waals surface area contributed by atoms with Gasteiger partial charge >= 0.3 is 0 Å². The topological polar surface area (TPSA) is 24.5 Å². The van der Waals surface area contributed by atoms with Gasteiger partial charge in [-0.05, 0) is 32.2 Å². The first-order valence-electron chi connectivity index (χ1n) is 7.41. The monoisotopic (exact) mass is 242 g/mol. The van der Waals surface area contributed by atoms with Crippen molar-refractivity contribution in [2.75, 3.05) is 39.4 Å². The maximum absolute atomic E-state index is 5.51. The zero-order valence-corrected chi connectivity index (χ0v) is 11.7. The fourth-order valence-electron chi connectivity index (χ4n) is 2.49. The predicted octanol–water partition coefficient (Wildman–Crippen LogP) is 2.27. The summed E-state index contributed by atoms with van der Waals surface area (Å²) in [6.07, 6.45) is 6.50. The van der Waals surface area contributed by atoms with Crippen molar-refractivity contribution >= 4 is 0 Å². The van der Waals surface area contributed by atoms with Crippen LogP contribution in [0.5, 0.6) is 0 Å². The Morgan fingerprint density at radius 2 is 2.12 bits per heavy atom. The Morgan fingerprint density at radius 3 is 2.88 bits per heavy atom. The van der Waals surface area contributed by atoms with Gasteiger partial charge in [-0.2, -0.15) is 0 Å². The number of nitrogens with zero attached hydrogens (tertiary/aromatic N) is 1. The molecule has 102 valence electrons. The van der Waals surface area contributed by atoms with Crippen molar-refractivity contribution in [3.05, 3.63) is 0 Å². The SMILES string of the molecule is CCCCOCCNCCN1CCCC1CC. The summed E-state index contributed by atoms with van der Waals surface area (Å²) in [7, 11) is 0. The van der Waals surface area contributed by atoms with Gasteiger partial charge in [-0.25, -0.2) is 0 Å². The maximum atomic E-state index is 5.51. The average Bonchev–Trinajstić information content (AvgIpc) is 2.80. The molecule has 0 bridgehead atoms. The van der Waals surface area contributed by atoms with Gasteiger partial charge in [0.2, 0.25) is 0 Å². The summed E-state index contributed by atoms with van der Waals surface area (Å²) in [6, 6.07) is 0.845. The van der Waals surface area contributed by atoms with Gasteiger partial charge in [0, 0.05) is 32.3 Å². The van der Waals surface area contributed by atoms with E-state index in [2.05, 4.69) is 24.1 Å². The molecule has 1 fully saturated rings. The highest BCUT2D eigenvalue weighted by atomic mass is 16.5. The van der Waals surface area contributed by atoms with Gasteiger partial charge in [-0.1, -0.05) is 20.3 Å². The third-order valence-electron chi connectivity index (χ3n) is 3.61. The minimum Gasteiger partial charge on any atom is -0.380 e. The molecular weight excluding hydrogens is 212 g/mol. The molecule has 1 saturated heterocycles. The minimum atomic E-state index is 0.845. The summed E-state index contributed by atoms with van der Waals surface area (Å²) in [5.41, 5.74) is 0. The van der Waals surface area contributed by atoms with Crippen LogP contribution in [0.4, 0.5) is 0 Å². The Morgan fingerprint density at radius 1 is 1.24 bits per heavy atom. The van der Waals surface area contributed by atoms with Crippen LogP contribution in [-0.4, -0.2) is 50.3 Å². The molecule has 1 atom stereocenters. The molecule has 0 aromatic carbocycles. The number of hydrogen-bond acceptors (Lipinski definition) is 3. The Labute approximate surface area is 107 Å². The standard InChI is InChI=1S/C14H30N2O/c1-3-5-12-17-13-9-15-8-11-16-10-6-7-14(16)4-2/h14-15H,3-13H2,1-2H3. The minimum absolute atomic E-state index is 0.845. The van der Waals surface area contributed by atoms with Crippen LogP contribution in [0, 0.1) is 0 Å². The number of nitrogens with one attached hydrogen (secondary N) is 1. The van der Waals surface area contributed by atoms with Gasteiger partial charge in [-0.15, -0.1) is 0 Å². The smallest absolute Gasteiger partial charge is 0.0590 e. The molecule has 1 rings (SSSR count). The van der Waals surface area contributed by atoms with E-state index in [1.165, 1.54) is 45.2 Å². The fraction of sp³-hybridized carbons (Fsp3) is 1.00. The molecule has 0 radical (unpaired) electrons. The van der Waals surface area contributed by atoms with Gasteiger partial charge in [0.25, 0.3) is 0 Å². The Kier molecular flexibility index (Phi) is 8.67. The summed E-state index contributed by atoms with van der Waals surface area (Å²) >= 11 is 0. The summed E-state index contributed by atoms with van der Waals surface area (Å²) < 4.78 is 5.51. The van der Waals surface area contributed by atoms with Crippen molar-refractivity contribution in [2.45, 2.75) is 52.0 Å². The quantitative estimate of drug-likeness (QED) is 0.595. The lowest BCUT2D eigenvalue weighted by Crippen LogP contribution is -2.36. The van der Waals surface area contributed by atoms with E-state index in [4.69, 9.17) is 4.74 Å². The molecule has 3 heteroatoms. The molecule has 0 aromatic rings. The molecule has 0 aromatic heterocycles. The summed E-state index contributed by atoms with van der Waals surface area (Å²) in [5, 5.41) is 3.47. The zero-order valence-electron chi connectivity index (χ0n) is 11.7. The van der Waals surface area contributed by atoms with E-state index >= 15 is 0 Å². The number of unbranched alkanes of at least 4 members (excludes halogenated alkanes) is 1. The molecule has 1 aliphatic rings. The van der Waals surface area contributed by atoms with E-state index in [-0.39, 0.29) is 0 Å². The Bertz CT molecular complexity index is 176. The second kappa shape index (κ2) is 9.86. The molecule has 0 spiro atoms. The molecule has 1 heterocycles. The van der Waals surface area contributed by atoms with Gasteiger partial charge in [-0.3, -0.25) is 4.90 Å². The largest absolute Gasteiger partial charge is 0.380 e. The molecule has 1 aliphatic heterocycles. The highest BCUT2D eigenvalue weighted by Gasteiger charge is 2.21. The van der Waals surface area contributed by atoms with E-state index in [0.717, 1.165) is 32.3 Å². The molecule has 0 aliphatic carbocycles. The fourth-order valence-corrected chi connectivity index (χ4v) is 2.49. The zero-order chi connectivity index (χ0) is 12.3. The van der Waals surface area contributed by atoms with Gasteiger partial charge in [0.15, 0.2) is 0 Å². The van der Waals surface area contributed by atoms with Crippen LogP contribution >= 0.6 is 0 Å². The predicted molar refractivity (Wildman–Crippen MR) is 73.5 cm³/mol. The summed E-state index contributed by atoms with van der Waals surface area (Å²) in [5.74, 6) is 0. The first kappa shape index (κ1) is 14.9. The highest BCUT2D eigenvalue weighted by Crippen LogP contribution is 2.18. The van der Waals surface area contributed by atoms with E-state index in [0.29, 0.717) is 0 Å². The molecule has 0 amide bonds. The second-order valence-electron chi connectivity index (χ2n) is 4.96. The first-order chi connectivity index (χ1) is 8.38. The van der Waals surface area contributed by atoms with Crippen LogP contribution in [-0.2, 0) is 4.74 Å². The molecular formula is C14H30N2O. The van der Waals surface area contributed by atoms with E-state index in [9.17, 15) is 0 Å². The molecule has 1 N–H and O–H groups in total. The van der Waals surface area contributed by atoms with Gasteiger partial charge < -0.3 is 10.1 Å². The number of likely N-dealkylation sites (tertiary alicyclic amines) is 1. The van der Waals surface area contributed by atoms with Crippen LogP contribution in [0.2, 0.25) is 0 Å². The van der Waals surface area contributed by atoms with Crippen molar-refractivity contribution in [2.24, 2.45) is 0 Å². The van der Waals surface area contributed by atoms with Crippen molar-refractivity contribution in [3.8, 4) is 0 Å². The highest BCUT2D eigenvalue weighted by molar-refractivity contribution is 4.78. The first-order valence-corrected chi connectivity index (χ1v) is 7.41. The van der Waals surface area contributed by atoms with Crippen molar-refractivity contribution in [3.63, 3.8) is 0 Å². The van der Waals surface area contributed by atoms with Gasteiger partial charge in [0.05, 0.1) is 6.61 Å². The van der Waals surface area contributed by atoms with Crippen LogP contribution in [0.1, 0.15) is 46.0 Å². The van der Waals surface area contributed by atoms with Crippen LogP contribution in [0.15, 0.2) is 0 Å². The van der Waals surface area contributed by atoms with E-state index in [1.54, 1.807) is 0 Å². The second-order valence-corrected chi connectivity index (χ2v) is 4.96. The van der Waals surface area contributed by atoms with Gasteiger partial charge in [0.1, 0.15) is 0 Å². The van der Waals surface area contributed by atoms with E-state index in [1.807, 2.05) is 0 Å². The number of ether oxygens (including phenoxy) is 1. The number of rotatable bonds is 10. The Hall–Kier alpha value is -0.120. The normalized spacial score (nSPS) is 21.2. The lowest BCUT2D eigenvalue weighted by molar-refractivity contribution is 0.132. The summed E-state index contributed by atoms with van der Waals surface area (Å²) in [4.78, 5) is 2.63. The lowest BCUT2D eigenvalue weighted by atomic mass is 10.2. The van der Waals surface area contributed by atoms with Crippen molar-refractivity contribution < 1.29 is 4.74 Å². The third kappa shape index (κ3) is 6.39. The summed E-state index contributed by atoms with van der Waals surface area (Å²) in [6.45, 7) is 10.9. The maximum Gasteiger partial charge on any atom is 0.0590 e. The van der Waals surface area contributed by atoms with Crippen LogP contribution in [0.25, 0.3) is 0 Å². The third-order valence-corrected chi connectivity index (χ3v) is 3.61. The molecule has 0 saturated carbocycles. The van der Waals surface area contributed by atoms with Crippen molar-refractivity contribution in [1.29, 1.82) is 0 Å². The molecule has 1 unspecified atom stereocenters. The molecule has 3 nitrogen and oxygen atoms in total. The van der Waals surface area contributed by atoms with E-state index < -0.39 is 0 Å². The molecule has 17 heavy (non-hydrogen) atoms. The lowest BCUT2D eigenvalue weighted by Gasteiger charge is -2.23. The Balaban J connectivity index is 1.87. The van der Waals surface area contributed by atoms with Crippen molar-refractivity contribution in [1.82, 2.24) is 10.2 Å². The number of hydrogen-bond donors (Lipinski definition) is 1. The average molecular weight is 242 g/mol. The van der Waals surface area contributed by atoms with Crippen LogP contribution < -0.4 is 5.32 Å².